The van der Waals surface area contributed by atoms with Crippen molar-refractivity contribution in [3.63, 3.8) is 0 Å². The predicted molar refractivity (Wildman–Crippen MR) is 110 cm³/mol. The SMILES string of the molecule is Cc1cc(OF)ccc1C1COC2=C(CCC(C)(C)C)[PH](C)=CC=C2C1. The molecule has 0 aliphatic carbocycles. The zero-order valence-corrected chi connectivity index (χ0v) is 17.5. The Labute approximate surface area is 157 Å². The second-order valence-corrected chi connectivity index (χ2v) is 11.0. The van der Waals surface area contributed by atoms with Gasteiger partial charge in [0, 0.05) is 10.4 Å². The first-order valence-corrected chi connectivity index (χ1v) is 11.5. The van der Waals surface area contributed by atoms with Crippen LogP contribution < -0.4 is 4.94 Å². The second kappa shape index (κ2) is 7.64. The number of allylic oxidation sites excluding steroid dienone is 3. The molecule has 26 heavy (non-hydrogen) atoms. The summed E-state index contributed by atoms with van der Waals surface area (Å²) in [4.78, 5) is 3.85. The summed E-state index contributed by atoms with van der Waals surface area (Å²) in [6.45, 7) is 12.0. The molecule has 2 nitrogen and oxygen atoms in total. The summed E-state index contributed by atoms with van der Waals surface area (Å²) in [5.41, 5.74) is 3.93. The lowest BCUT2D eigenvalue weighted by molar-refractivity contribution is -0.00630. The summed E-state index contributed by atoms with van der Waals surface area (Å²) in [7, 11) is -0.626. The average Bonchev–Trinajstić information content (AvgIpc) is 2.59. The van der Waals surface area contributed by atoms with Crippen LogP contribution >= 0.6 is 7.55 Å². The van der Waals surface area contributed by atoms with Crippen molar-refractivity contribution in [2.75, 3.05) is 13.3 Å². The molecule has 2 heterocycles. The van der Waals surface area contributed by atoms with E-state index < -0.39 is 7.55 Å². The standard InChI is InChI=1S/C22H30FO2P/c1-15-12-18(25-23)6-7-19(15)17-13-16-9-11-26(5)20(21(16)24-14-17)8-10-22(2,3)4/h6-7,9,11-12,17,26H,8,10,13-14H2,1-5H3. The first-order valence-electron chi connectivity index (χ1n) is 9.42. The minimum Gasteiger partial charge on any atom is -0.492 e. The van der Waals surface area contributed by atoms with Crippen molar-refractivity contribution < 1.29 is 14.2 Å². The van der Waals surface area contributed by atoms with E-state index in [1.165, 1.54) is 23.3 Å². The molecule has 2 unspecified atom stereocenters. The third-order valence-corrected chi connectivity index (χ3v) is 7.46. The zero-order chi connectivity index (χ0) is 18.9. The highest BCUT2D eigenvalue weighted by Gasteiger charge is 2.29. The normalized spacial score (nSPS) is 22.9. The van der Waals surface area contributed by atoms with E-state index >= 15 is 0 Å². The van der Waals surface area contributed by atoms with Gasteiger partial charge in [0.1, 0.15) is 5.76 Å². The van der Waals surface area contributed by atoms with Gasteiger partial charge in [-0.25, -0.2) is 0 Å². The molecule has 0 radical (unpaired) electrons. The van der Waals surface area contributed by atoms with E-state index in [0.29, 0.717) is 17.9 Å². The monoisotopic (exact) mass is 376 g/mol. The van der Waals surface area contributed by atoms with Crippen molar-refractivity contribution in [1.29, 1.82) is 0 Å². The average molecular weight is 376 g/mol. The van der Waals surface area contributed by atoms with Gasteiger partial charge in [0.25, 0.3) is 0 Å². The van der Waals surface area contributed by atoms with E-state index in [1.807, 2.05) is 13.0 Å². The van der Waals surface area contributed by atoms with Crippen molar-refractivity contribution in [3.8, 4) is 5.75 Å². The zero-order valence-electron chi connectivity index (χ0n) is 16.5. The van der Waals surface area contributed by atoms with Crippen molar-refractivity contribution in [1.82, 2.24) is 0 Å². The van der Waals surface area contributed by atoms with Gasteiger partial charge in [0.05, 0.1) is 6.61 Å². The first kappa shape index (κ1) is 19.3. The molecule has 1 aromatic carbocycles. The van der Waals surface area contributed by atoms with E-state index in [9.17, 15) is 4.53 Å². The van der Waals surface area contributed by atoms with Gasteiger partial charge in [0.2, 0.25) is 0 Å². The van der Waals surface area contributed by atoms with Crippen LogP contribution in [0, 0.1) is 12.3 Å². The maximum atomic E-state index is 12.4. The largest absolute Gasteiger partial charge is 0.492 e. The van der Waals surface area contributed by atoms with Crippen molar-refractivity contribution in [2.24, 2.45) is 5.41 Å². The number of benzene rings is 1. The lowest BCUT2D eigenvalue weighted by Gasteiger charge is -2.33. The van der Waals surface area contributed by atoms with Gasteiger partial charge >= 0.3 is 0 Å². The highest BCUT2D eigenvalue weighted by Crippen LogP contribution is 2.47. The Morgan fingerprint density at radius 3 is 2.73 bits per heavy atom. The van der Waals surface area contributed by atoms with Crippen LogP contribution in [0.4, 0.5) is 4.53 Å². The van der Waals surface area contributed by atoms with Crippen LogP contribution in [0.1, 0.15) is 57.1 Å². The second-order valence-electron chi connectivity index (χ2n) is 8.72. The molecule has 4 heteroatoms. The summed E-state index contributed by atoms with van der Waals surface area (Å²) < 4.78 is 18.7. The molecular formula is C22H30FO2P. The molecule has 0 bridgehead atoms. The summed E-state index contributed by atoms with van der Waals surface area (Å²) in [5, 5.41) is 1.54. The molecule has 0 spiro atoms. The molecule has 0 N–H and O–H groups in total. The van der Waals surface area contributed by atoms with Crippen LogP contribution in [0.15, 0.2) is 40.9 Å². The van der Waals surface area contributed by atoms with E-state index in [2.05, 4.69) is 44.3 Å². The molecular weight excluding hydrogens is 346 g/mol. The number of ether oxygens (including phenoxy) is 1. The highest BCUT2D eigenvalue weighted by molar-refractivity contribution is 7.61. The van der Waals surface area contributed by atoms with Gasteiger partial charge in [-0.2, -0.15) is 0 Å². The van der Waals surface area contributed by atoms with Crippen LogP contribution in [-0.4, -0.2) is 19.1 Å². The Morgan fingerprint density at radius 2 is 2.08 bits per heavy atom. The Hall–Kier alpha value is -1.47. The quantitative estimate of drug-likeness (QED) is 0.567. The summed E-state index contributed by atoms with van der Waals surface area (Å²) in [6.07, 6.45) is 5.58. The van der Waals surface area contributed by atoms with E-state index in [1.54, 1.807) is 17.4 Å². The summed E-state index contributed by atoms with van der Waals surface area (Å²) in [6, 6.07) is 5.41. The van der Waals surface area contributed by atoms with Crippen LogP contribution in [0.3, 0.4) is 0 Å². The number of halogens is 1. The van der Waals surface area contributed by atoms with Gasteiger partial charge in [-0.1, -0.05) is 46.3 Å². The Kier molecular flexibility index (Phi) is 5.67. The molecule has 1 saturated heterocycles. The van der Waals surface area contributed by atoms with Crippen LogP contribution in [0.2, 0.25) is 0 Å². The molecule has 1 aromatic rings. The van der Waals surface area contributed by atoms with E-state index in [-0.39, 0.29) is 5.75 Å². The molecule has 3 rings (SSSR count). The maximum Gasteiger partial charge on any atom is 0.172 e. The van der Waals surface area contributed by atoms with Gasteiger partial charge < -0.3 is 4.74 Å². The number of aryl methyl sites for hydroxylation is 1. The van der Waals surface area contributed by atoms with Crippen molar-refractivity contribution in [3.05, 3.63) is 52.0 Å². The summed E-state index contributed by atoms with van der Waals surface area (Å²) in [5.74, 6) is 4.14. The molecule has 142 valence electrons. The third-order valence-electron chi connectivity index (χ3n) is 5.37. The minimum atomic E-state index is -0.626. The number of rotatable bonds is 4. The Balaban J connectivity index is 1.82. The van der Waals surface area contributed by atoms with E-state index in [0.717, 1.165) is 18.4 Å². The molecule has 2 aliphatic heterocycles. The highest BCUT2D eigenvalue weighted by atomic mass is 31.1. The fourth-order valence-electron chi connectivity index (χ4n) is 3.79. The summed E-state index contributed by atoms with van der Waals surface area (Å²) >= 11 is 0. The Morgan fingerprint density at radius 1 is 1.31 bits per heavy atom. The fraction of sp³-hybridized carbons (Fsp3) is 0.500. The van der Waals surface area contributed by atoms with Crippen molar-refractivity contribution >= 4 is 13.3 Å². The van der Waals surface area contributed by atoms with Crippen molar-refractivity contribution in [2.45, 2.75) is 52.9 Å². The lowest BCUT2D eigenvalue weighted by atomic mass is 9.86. The van der Waals surface area contributed by atoms with Crippen LogP contribution in [-0.2, 0) is 4.74 Å². The molecule has 2 aliphatic rings. The molecule has 0 aromatic heterocycles. The molecule has 1 fully saturated rings. The molecule has 0 amide bonds. The number of hydrogen-bond donors (Lipinski definition) is 0. The fourth-order valence-corrected chi connectivity index (χ4v) is 5.55. The first-order chi connectivity index (χ1) is 12.3. The van der Waals surface area contributed by atoms with Gasteiger partial charge in [-0.05, 0) is 72.4 Å². The minimum absolute atomic E-state index is 0.261. The van der Waals surface area contributed by atoms with E-state index in [4.69, 9.17) is 4.74 Å². The van der Waals surface area contributed by atoms with Gasteiger partial charge in [-0.15, -0.1) is 0 Å². The topological polar surface area (TPSA) is 18.5 Å². The lowest BCUT2D eigenvalue weighted by Crippen LogP contribution is -2.20. The van der Waals surface area contributed by atoms with Gasteiger partial charge in [0.15, 0.2) is 5.75 Å². The third kappa shape index (κ3) is 4.26. The van der Waals surface area contributed by atoms with Crippen LogP contribution in [0.25, 0.3) is 0 Å². The number of fused-ring (bicyclic) bond motifs is 1. The molecule has 0 saturated carbocycles. The smallest absolute Gasteiger partial charge is 0.172 e. The van der Waals surface area contributed by atoms with Gasteiger partial charge in [-0.3, -0.25) is 4.94 Å². The number of hydrogen-bond acceptors (Lipinski definition) is 2. The Bertz CT molecular complexity index is 784. The van der Waals surface area contributed by atoms with Crippen LogP contribution in [0.5, 0.6) is 5.75 Å². The predicted octanol–water partition coefficient (Wildman–Crippen LogP) is 6.39. The maximum absolute atomic E-state index is 12.4. The molecule has 2 atom stereocenters.